The minimum Gasteiger partial charge on any atom is -0.396 e. The van der Waals surface area contributed by atoms with Crippen LogP contribution in [0.5, 0.6) is 0 Å². The number of nitrogen functional groups attached to an aromatic ring is 1. The second-order valence-electron chi connectivity index (χ2n) is 6.29. The Hall–Kier alpha value is -4.00. The van der Waals surface area contributed by atoms with Crippen molar-refractivity contribution in [1.29, 1.82) is 0 Å². The summed E-state index contributed by atoms with van der Waals surface area (Å²) >= 11 is 0. The number of amides is 1. The summed E-state index contributed by atoms with van der Waals surface area (Å²) in [6.45, 7) is 0. The average Bonchev–Trinajstić information content (AvgIpc) is 3.17. The third-order valence-corrected chi connectivity index (χ3v) is 4.26. The first-order chi connectivity index (χ1) is 13.6. The number of anilines is 2. The summed E-state index contributed by atoms with van der Waals surface area (Å²) in [6.07, 6.45) is 5.27. The van der Waals surface area contributed by atoms with Crippen molar-refractivity contribution < 1.29 is 4.79 Å². The molecule has 0 unspecified atom stereocenters. The lowest BCUT2D eigenvalue weighted by molar-refractivity contribution is 0.102. The van der Waals surface area contributed by atoms with E-state index in [1.807, 2.05) is 55.7 Å². The summed E-state index contributed by atoms with van der Waals surface area (Å²) in [5.41, 5.74) is 10.1. The van der Waals surface area contributed by atoms with Crippen molar-refractivity contribution >= 4 is 17.4 Å². The molecule has 28 heavy (non-hydrogen) atoms. The number of pyridine rings is 2. The number of rotatable bonds is 4. The zero-order chi connectivity index (χ0) is 19.5. The van der Waals surface area contributed by atoms with Gasteiger partial charge in [-0.1, -0.05) is 36.4 Å². The predicted octanol–water partition coefficient (Wildman–Crippen LogP) is 3.38. The molecule has 0 spiro atoms. The maximum absolute atomic E-state index is 12.6. The molecule has 0 aliphatic carbocycles. The van der Waals surface area contributed by atoms with Crippen LogP contribution in [0, 0.1) is 0 Å². The highest BCUT2D eigenvalue weighted by molar-refractivity contribution is 6.04. The van der Waals surface area contributed by atoms with Crippen molar-refractivity contribution in [2.24, 2.45) is 7.05 Å². The Labute approximate surface area is 161 Å². The normalized spacial score (nSPS) is 10.6. The van der Waals surface area contributed by atoms with E-state index in [1.54, 1.807) is 29.2 Å². The molecular weight excluding hydrogens is 352 g/mol. The molecule has 1 aromatic carbocycles. The maximum atomic E-state index is 12.6. The Morgan fingerprint density at radius 3 is 2.46 bits per heavy atom. The van der Waals surface area contributed by atoms with Crippen molar-refractivity contribution in [3.63, 3.8) is 0 Å². The van der Waals surface area contributed by atoms with Crippen molar-refractivity contribution in [3.8, 4) is 22.4 Å². The molecule has 3 heterocycles. The zero-order valence-corrected chi connectivity index (χ0v) is 15.2. The highest BCUT2D eigenvalue weighted by Gasteiger charge is 2.12. The number of nitrogens with zero attached hydrogens (tertiary/aromatic N) is 4. The van der Waals surface area contributed by atoms with E-state index in [9.17, 15) is 4.79 Å². The number of hydrogen-bond acceptors (Lipinski definition) is 5. The Morgan fingerprint density at radius 2 is 1.79 bits per heavy atom. The molecule has 0 fully saturated rings. The molecule has 7 nitrogen and oxygen atoms in total. The maximum Gasteiger partial charge on any atom is 0.275 e. The minimum absolute atomic E-state index is 0.277. The van der Waals surface area contributed by atoms with E-state index >= 15 is 0 Å². The van der Waals surface area contributed by atoms with Crippen LogP contribution < -0.4 is 11.1 Å². The first kappa shape index (κ1) is 17.4. The lowest BCUT2D eigenvalue weighted by Gasteiger charge is -2.09. The number of aromatic nitrogens is 4. The van der Waals surface area contributed by atoms with Crippen LogP contribution >= 0.6 is 0 Å². The largest absolute Gasteiger partial charge is 0.396 e. The standard InChI is InChI=1S/C21H18N6O/c1-27-13-16(12-24-27)15-7-9-19(23-11-15)21(28)26-20-17(22)8-10-18(25-20)14-5-3-2-4-6-14/h2-13H,22H2,1H3,(H,25,26,28). The first-order valence-corrected chi connectivity index (χ1v) is 8.68. The lowest BCUT2D eigenvalue weighted by atomic mass is 10.1. The van der Waals surface area contributed by atoms with Gasteiger partial charge in [0.05, 0.1) is 17.6 Å². The number of carbonyl (C=O) groups is 1. The summed E-state index contributed by atoms with van der Waals surface area (Å²) in [7, 11) is 1.85. The second-order valence-corrected chi connectivity index (χ2v) is 6.29. The molecule has 1 amide bonds. The Balaban J connectivity index is 1.55. The highest BCUT2D eigenvalue weighted by Crippen LogP contribution is 2.24. The Kier molecular flexibility index (Phi) is 4.55. The molecule has 0 saturated heterocycles. The van der Waals surface area contributed by atoms with Crippen LogP contribution in [0.15, 0.2) is 73.2 Å². The Bertz CT molecular complexity index is 1120. The summed E-state index contributed by atoms with van der Waals surface area (Å²) < 4.78 is 1.71. The zero-order valence-electron chi connectivity index (χ0n) is 15.2. The van der Waals surface area contributed by atoms with Gasteiger partial charge in [-0.15, -0.1) is 0 Å². The smallest absolute Gasteiger partial charge is 0.275 e. The van der Waals surface area contributed by atoms with E-state index in [-0.39, 0.29) is 11.6 Å². The summed E-state index contributed by atoms with van der Waals surface area (Å²) in [4.78, 5) is 21.3. The van der Waals surface area contributed by atoms with Crippen molar-refractivity contribution in [2.45, 2.75) is 0 Å². The molecule has 0 saturated carbocycles. The van der Waals surface area contributed by atoms with Gasteiger partial charge >= 0.3 is 0 Å². The SMILES string of the molecule is Cn1cc(-c2ccc(C(=O)Nc3nc(-c4ccccc4)ccc3N)nc2)cn1. The van der Waals surface area contributed by atoms with Gasteiger partial charge in [0.15, 0.2) is 5.82 Å². The molecule has 0 aliphatic heterocycles. The monoisotopic (exact) mass is 370 g/mol. The van der Waals surface area contributed by atoms with Crippen LogP contribution in [0.1, 0.15) is 10.5 Å². The fraction of sp³-hybridized carbons (Fsp3) is 0.0476. The third kappa shape index (κ3) is 3.59. The molecular formula is C21H18N6O. The van der Waals surface area contributed by atoms with E-state index in [1.165, 1.54) is 0 Å². The first-order valence-electron chi connectivity index (χ1n) is 8.68. The van der Waals surface area contributed by atoms with E-state index in [0.29, 0.717) is 11.5 Å². The molecule has 138 valence electrons. The Morgan fingerprint density at radius 1 is 0.964 bits per heavy atom. The molecule has 4 aromatic rings. The van der Waals surface area contributed by atoms with Crippen LogP contribution in [-0.2, 0) is 7.05 Å². The molecule has 0 aliphatic rings. The molecule has 0 radical (unpaired) electrons. The highest BCUT2D eigenvalue weighted by atomic mass is 16.1. The number of hydrogen-bond donors (Lipinski definition) is 2. The van der Waals surface area contributed by atoms with Gasteiger partial charge in [0.25, 0.3) is 5.91 Å². The van der Waals surface area contributed by atoms with Crippen LogP contribution in [0.4, 0.5) is 11.5 Å². The fourth-order valence-electron chi connectivity index (χ4n) is 2.78. The average molecular weight is 370 g/mol. The fourth-order valence-corrected chi connectivity index (χ4v) is 2.78. The van der Waals surface area contributed by atoms with Crippen LogP contribution in [0.25, 0.3) is 22.4 Å². The number of aryl methyl sites for hydroxylation is 1. The van der Waals surface area contributed by atoms with Crippen molar-refractivity contribution in [2.75, 3.05) is 11.1 Å². The van der Waals surface area contributed by atoms with Crippen molar-refractivity contribution in [3.05, 3.63) is 78.9 Å². The van der Waals surface area contributed by atoms with Crippen molar-refractivity contribution in [1.82, 2.24) is 19.7 Å². The van der Waals surface area contributed by atoms with Gasteiger partial charge in [-0.25, -0.2) is 4.98 Å². The minimum atomic E-state index is -0.373. The lowest BCUT2D eigenvalue weighted by Crippen LogP contribution is -2.16. The number of carbonyl (C=O) groups excluding carboxylic acids is 1. The van der Waals surface area contributed by atoms with Gasteiger partial charge in [-0.3, -0.25) is 14.5 Å². The van der Waals surface area contributed by atoms with Gasteiger partial charge in [-0.2, -0.15) is 5.10 Å². The topological polar surface area (TPSA) is 98.7 Å². The molecule has 3 aromatic heterocycles. The van der Waals surface area contributed by atoms with Gasteiger partial charge in [-0.05, 0) is 18.2 Å². The number of nitrogens with one attached hydrogen (secondary N) is 1. The van der Waals surface area contributed by atoms with Gasteiger partial charge in [0.1, 0.15) is 5.69 Å². The molecule has 0 atom stereocenters. The van der Waals surface area contributed by atoms with Gasteiger partial charge < -0.3 is 11.1 Å². The summed E-state index contributed by atoms with van der Waals surface area (Å²) in [5, 5.41) is 6.88. The quantitative estimate of drug-likeness (QED) is 0.574. The second kappa shape index (κ2) is 7.32. The molecule has 0 bridgehead atoms. The van der Waals surface area contributed by atoms with E-state index in [4.69, 9.17) is 5.73 Å². The van der Waals surface area contributed by atoms with Crippen LogP contribution in [0.3, 0.4) is 0 Å². The van der Waals surface area contributed by atoms with Gasteiger partial charge in [0, 0.05) is 36.1 Å². The van der Waals surface area contributed by atoms with E-state index < -0.39 is 0 Å². The molecule has 3 N–H and O–H groups in total. The summed E-state index contributed by atoms with van der Waals surface area (Å²) in [5.74, 6) is -0.0633. The van der Waals surface area contributed by atoms with E-state index in [0.717, 1.165) is 22.4 Å². The predicted molar refractivity (Wildman–Crippen MR) is 108 cm³/mol. The number of benzene rings is 1. The van der Waals surface area contributed by atoms with Crippen LogP contribution in [0.2, 0.25) is 0 Å². The summed E-state index contributed by atoms with van der Waals surface area (Å²) in [6, 6.07) is 16.7. The number of nitrogens with two attached hydrogens (primary N) is 1. The molecule has 4 rings (SSSR count). The third-order valence-electron chi connectivity index (χ3n) is 4.26. The molecule has 7 heteroatoms. The van der Waals surface area contributed by atoms with Crippen LogP contribution in [-0.4, -0.2) is 25.7 Å². The van der Waals surface area contributed by atoms with Gasteiger partial charge in [0.2, 0.25) is 0 Å². The van der Waals surface area contributed by atoms with E-state index in [2.05, 4.69) is 20.4 Å².